The van der Waals surface area contributed by atoms with Crippen molar-refractivity contribution >= 4 is 67.2 Å². The zero-order chi connectivity index (χ0) is 19.6. The predicted octanol–water partition coefficient (Wildman–Crippen LogP) is 4.15. The van der Waals surface area contributed by atoms with Gasteiger partial charge in [-0.05, 0) is 59.0 Å². The minimum absolute atomic E-state index is 0.0407. The van der Waals surface area contributed by atoms with Gasteiger partial charge >= 0.3 is 10.2 Å². The Morgan fingerprint density at radius 2 is 1.70 bits per heavy atom. The van der Waals surface area contributed by atoms with Crippen molar-refractivity contribution in [1.29, 1.82) is 0 Å². The Balaban J connectivity index is 1.86. The van der Waals surface area contributed by atoms with Gasteiger partial charge in [0.15, 0.2) is 0 Å². The van der Waals surface area contributed by atoms with Crippen LogP contribution in [0.5, 0.6) is 0 Å². The molecule has 0 aromatic heterocycles. The Morgan fingerprint density at radius 1 is 1.04 bits per heavy atom. The zero-order valence-corrected chi connectivity index (χ0v) is 17.7. The van der Waals surface area contributed by atoms with Gasteiger partial charge in [-0.15, -0.1) is 0 Å². The van der Waals surface area contributed by atoms with E-state index in [9.17, 15) is 17.6 Å². The Kier molecular flexibility index (Phi) is 6.24. The fourth-order valence-corrected chi connectivity index (χ4v) is 4.78. The number of halogens is 3. The molecule has 0 bridgehead atoms. The van der Waals surface area contributed by atoms with E-state index in [1.807, 2.05) is 6.07 Å². The van der Waals surface area contributed by atoms with E-state index in [2.05, 4.69) is 32.6 Å². The van der Waals surface area contributed by atoms with Gasteiger partial charge in [0.25, 0.3) is 0 Å². The number of nitrogens with zero attached hydrogens (tertiary/aromatic N) is 1. The minimum atomic E-state index is -3.87. The van der Waals surface area contributed by atoms with Crippen molar-refractivity contribution in [3.8, 4) is 0 Å². The Bertz CT molecular complexity index is 977. The molecule has 2 aromatic carbocycles. The molecule has 6 nitrogen and oxygen atoms in total. The van der Waals surface area contributed by atoms with Gasteiger partial charge in [0.05, 0.1) is 22.1 Å². The summed E-state index contributed by atoms with van der Waals surface area (Å²) in [7, 11) is -3.87. The lowest BCUT2D eigenvalue weighted by Gasteiger charge is -2.26. The first-order chi connectivity index (χ1) is 12.7. The first-order valence-electron chi connectivity index (χ1n) is 8.06. The summed E-state index contributed by atoms with van der Waals surface area (Å²) < 4.78 is 43.6. The highest BCUT2D eigenvalue weighted by atomic mass is 127. The van der Waals surface area contributed by atoms with Gasteiger partial charge < -0.3 is 5.32 Å². The fourth-order valence-electron chi connectivity index (χ4n) is 2.62. The lowest BCUT2D eigenvalue weighted by molar-refractivity contribution is -0.120. The van der Waals surface area contributed by atoms with Crippen molar-refractivity contribution in [3.63, 3.8) is 0 Å². The average molecular weight is 524 g/mol. The number of hydrogen-bond donors (Lipinski definition) is 2. The summed E-state index contributed by atoms with van der Waals surface area (Å²) in [5.41, 5.74) is 0.935. The van der Waals surface area contributed by atoms with Crippen molar-refractivity contribution < 1.29 is 17.6 Å². The van der Waals surface area contributed by atoms with Crippen LogP contribution in [0.3, 0.4) is 0 Å². The predicted molar refractivity (Wildman–Crippen MR) is 112 cm³/mol. The van der Waals surface area contributed by atoms with Crippen LogP contribution < -0.4 is 10.0 Å². The van der Waals surface area contributed by atoms with E-state index in [-0.39, 0.29) is 43.1 Å². The van der Waals surface area contributed by atoms with E-state index in [1.54, 1.807) is 12.1 Å². The van der Waals surface area contributed by atoms with Crippen molar-refractivity contribution in [2.75, 3.05) is 23.1 Å². The summed E-state index contributed by atoms with van der Waals surface area (Å²) in [6.07, 6.45) is 0.376. The number of carbonyl (C=O) groups is 1. The number of Topliss-reactive ketones (excluding diaryl/α,β-unsaturated/α-hetero) is 1. The fraction of sp³-hybridized carbons (Fsp3) is 0.235. The highest BCUT2D eigenvalue weighted by Crippen LogP contribution is 2.32. The van der Waals surface area contributed by atoms with Crippen LogP contribution in [0.25, 0.3) is 0 Å². The molecule has 0 radical (unpaired) electrons. The molecular weight excluding hydrogens is 508 g/mol. The standard InChI is InChI=1S/C17H16ClFIN3O3S/c18-14-10-12(20)2-4-15(14)21-17-9-11(19)1-3-16(17)22-27(25,26)23-7-5-13(24)6-8-23/h1-4,9-10,21-22H,5-8H2. The smallest absolute Gasteiger partial charge is 0.301 e. The highest BCUT2D eigenvalue weighted by Gasteiger charge is 2.27. The lowest BCUT2D eigenvalue weighted by Crippen LogP contribution is -2.41. The molecule has 10 heteroatoms. The molecule has 3 rings (SSSR count). The molecule has 0 unspecified atom stereocenters. The number of nitrogens with one attached hydrogen (secondary N) is 2. The second kappa shape index (κ2) is 8.29. The third-order valence-corrected chi connectivity index (χ3v) is 6.55. The van der Waals surface area contributed by atoms with Crippen LogP contribution >= 0.6 is 34.2 Å². The summed E-state index contributed by atoms with van der Waals surface area (Å²) in [6.45, 7) is 0.252. The summed E-state index contributed by atoms with van der Waals surface area (Å²) in [6, 6.07) is 8.97. The van der Waals surface area contributed by atoms with Gasteiger partial charge in [0, 0.05) is 29.5 Å². The first kappa shape index (κ1) is 20.3. The summed E-state index contributed by atoms with van der Waals surface area (Å²) in [5, 5.41) is 3.39. The largest absolute Gasteiger partial charge is 0.353 e. The molecule has 0 saturated carbocycles. The molecule has 2 aromatic rings. The van der Waals surface area contributed by atoms with Crippen LogP contribution in [-0.2, 0) is 15.0 Å². The van der Waals surface area contributed by atoms with E-state index in [4.69, 9.17) is 11.6 Å². The molecular formula is C17H16ClFIN3O3S. The molecule has 1 saturated heterocycles. The molecule has 2 N–H and O–H groups in total. The van der Waals surface area contributed by atoms with Crippen LogP contribution in [-0.4, -0.2) is 31.6 Å². The van der Waals surface area contributed by atoms with Crippen molar-refractivity contribution in [1.82, 2.24) is 4.31 Å². The lowest BCUT2D eigenvalue weighted by atomic mass is 10.1. The summed E-state index contributed by atoms with van der Waals surface area (Å²) in [4.78, 5) is 11.3. The number of rotatable bonds is 5. The normalized spacial score (nSPS) is 15.6. The maximum absolute atomic E-state index is 13.7. The van der Waals surface area contributed by atoms with Gasteiger partial charge in [-0.3, -0.25) is 9.52 Å². The average Bonchev–Trinajstić information content (AvgIpc) is 2.60. The Morgan fingerprint density at radius 3 is 2.37 bits per heavy atom. The molecule has 1 fully saturated rings. The molecule has 0 atom stereocenters. The van der Waals surface area contributed by atoms with E-state index >= 15 is 0 Å². The van der Waals surface area contributed by atoms with Crippen molar-refractivity contribution in [2.45, 2.75) is 12.8 Å². The number of carbonyl (C=O) groups excluding carboxylic acids is 1. The number of benzene rings is 2. The number of piperidine rings is 1. The molecule has 0 spiro atoms. The topological polar surface area (TPSA) is 78.5 Å². The number of ketones is 1. The highest BCUT2D eigenvalue weighted by molar-refractivity contribution is 14.1. The summed E-state index contributed by atoms with van der Waals surface area (Å²) >= 11 is 8.32. The minimum Gasteiger partial charge on any atom is -0.353 e. The first-order valence-corrected chi connectivity index (χ1v) is 11.0. The van der Waals surface area contributed by atoms with Gasteiger partial charge in [0.1, 0.15) is 11.6 Å². The van der Waals surface area contributed by atoms with E-state index in [0.29, 0.717) is 10.7 Å². The molecule has 1 aliphatic rings. The van der Waals surface area contributed by atoms with Gasteiger partial charge in [-0.1, -0.05) is 11.6 Å². The molecule has 27 heavy (non-hydrogen) atoms. The molecule has 1 heterocycles. The SMILES string of the molecule is O=C1CCN(S(=O)(=O)Nc2ccc(F)cc2Nc2ccc(I)cc2Cl)CC1. The Hall–Kier alpha value is -1.43. The zero-order valence-electron chi connectivity index (χ0n) is 14.0. The molecule has 1 aliphatic heterocycles. The van der Waals surface area contributed by atoms with Crippen LogP contribution in [0.4, 0.5) is 21.5 Å². The van der Waals surface area contributed by atoms with E-state index in [1.165, 1.54) is 16.4 Å². The van der Waals surface area contributed by atoms with E-state index < -0.39 is 16.0 Å². The third kappa shape index (κ3) is 5.09. The van der Waals surface area contributed by atoms with Crippen LogP contribution in [0.15, 0.2) is 36.4 Å². The Labute approximate surface area is 175 Å². The van der Waals surface area contributed by atoms with Crippen molar-refractivity contribution in [3.05, 3.63) is 50.8 Å². The third-order valence-electron chi connectivity index (χ3n) is 4.04. The summed E-state index contributed by atoms with van der Waals surface area (Å²) in [5.74, 6) is -0.482. The maximum atomic E-state index is 13.7. The van der Waals surface area contributed by atoms with Crippen LogP contribution in [0.2, 0.25) is 5.02 Å². The van der Waals surface area contributed by atoms with E-state index in [0.717, 1.165) is 9.64 Å². The number of hydrogen-bond acceptors (Lipinski definition) is 4. The van der Waals surface area contributed by atoms with Crippen molar-refractivity contribution in [2.24, 2.45) is 0 Å². The monoisotopic (exact) mass is 523 g/mol. The van der Waals surface area contributed by atoms with Gasteiger partial charge in [-0.2, -0.15) is 12.7 Å². The quantitative estimate of drug-likeness (QED) is 0.577. The second-order valence-electron chi connectivity index (χ2n) is 5.98. The van der Waals surface area contributed by atoms with Crippen LogP contribution in [0, 0.1) is 9.39 Å². The van der Waals surface area contributed by atoms with Crippen LogP contribution in [0.1, 0.15) is 12.8 Å². The molecule has 144 valence electrons. The van der Waals surface area contributed by atoms with Gasteiger partial charge in [-0.25, -0.2) is 4.39 Å². The number of anilines is 3. The molecule has 0 aliphatic carbocycles. The second-order valence-corrected chi connectivity index (χ2v) is 9.31. The maximum Gasteiger partial charge on any atom is 0.301 e. The molecule has 0 amide bonds. The van der Waals surface area contributed by atoms with Gasteiger partial charge in [0.2, 0.25) is 0 Å².